The average Bonchev–Trinajstić information content (AvgIpc) is 3.42. The number of allylic oxidation sites excluding steroid dienone is 14. The molecule has 0 bridgehead atoms. The minimum atomic E-state index is -0.780. The summed E-state index contributed by atoms with van der Waals surface area (Å²) in [5.41, 5.74) is 0. The molecular weight excluding hydrogens is 937 g/mol. The van der Waals surface area contributed by atoms with Crippen molar-refractivity contribution in [3.63, 3.8) is 0 Å². The molecule has 438 valence electrons. The molecule has 0 saturated heterocycles. The average molecular weight is 1060 g/mol. The number of esters is 3. The molecule has 1 unspecified atom stereocenters. The summed E-state index contributed by atoms with van der Waals surface area (Å²) < 4.78 is 16.8. The van der Waals surface area contributed by atoms with Crippen molar-refractivity contribution in [2.45, 2.75) is 329 Å². The lowest BCUT2D eigenvalue weighted by molar-refractivity contribution is -0.167. The van der Waals surface area contributed by atoms with E-state index in [2.05, 4.69) is 106 Å². The van der Waals surface area contributed by atoms with Crippen LogP contribution < -0.4 is 0 Å². The predicted octanol–water partition coefficient (Wildman–Crippen LogP) is 22.3. The van der Waals surface area contributed by atoms with Crippen molar-refractivity contribution in [3.8, 4) is 0 Å². The minimum Gasteiger partial charge on any atom is -0.462 e. The smallest absolute Gasteiger partial charge is 0.306 e. The van der Waals surface area contributed by atoms with Gasteiger partial charge in [0.1, 0.15) is 13.2 Å². The molecule has 0 aliphatic rings. The van der Waals surface area contributed by atoms with Crippen molar-refractivity contribution in [2.75, 3.05) is 13.2 Å². The van der Waals surface area contributed by atoms with Gasteiger partial charge in [-0.15, -0.1) is 0 Å². The van der Waals surface area contributed by atoms with Crippen molar-refractivity contribution in [1.29, 1.82) is 0 Å². The Hall–Kier alpha value is -3.41. The van der Waals surface area contributed by atoms with E-state index in [1.54, 1.807) is 0 Å². The van der Waals surface area contributed by atoms with Gasteiger partial charge < -0.3 is 14.2 Å². The van der Waals surface area contributed by atoms with Crippen LogP contribution in [0.2, 0.25) is 0 Å². The molecule has 0 aromatic rings. The Morgan fingerprint density at radius 2 is 0.513 bits per heavy atom. The molecule has 6 nitrogen and oxygen atoms in total. The quantitative estimate of drug-likeness (QED) is 0.0261. The summed E-state index contributed by atoms with van der Waals surface area (Å²) >= 11 is 0. The Balaban J connectivity index is 4.01. The van der Waals surface area contributed by atoms with Gasteiger partial charge in [0.15, 0.2) is 6.10 Å². The summed E-state index contributed by atoms with van der Waals surface area (Å²) in [5, 5.41) is 0. The van der Waals surface area contributed by atoms with Gasteiger partial charge in [0.2, 0.25) is 0 Å². The van der Waals surface area contributed by atoms with Gasteiger partial charge in [-0.05, 0) is 96.3 Å². The maximum absolute atomic E-state index is 12.8. The van der Waals surface area contributed by atoms with Crippen LogP contribution in [-0.2, 0) is 28.6 Å². The largest absolute Gasteiger partial charge is 0.462 e. The second-order valence-corrected chi connectivity index (χ2v) is 21.6. The summed E-state index contributed by atoms with van der Waals surface area (Å²) in [4.78, 5) is 38.0. The lowest BCUT2D eigenvalue weighted by Gasteiger charge is -2.18. The Morgan fingerprint density at radius 1 is 0.276 bits per heavy atom. The lowest BCUT2D eigenvalue weighted by Crippen LogP contribution is -2.30. The first-order chi connectivity index (χ1) is 37.5. The first kappa shape index (κ1) is 72.6. The molecule has 0 radical (unpaired) electrons. The van der Waals surface area contributed by atoms with Gasteiger partial charge in [-0.1, -0.05) is 292 Å². The molecule has 76 heavy (non-hydrogen) atoms. The van der Waals surface area contributed by atoms with Crippen molar-refractivity contribution >= 4 is 17.9 Å². The summed E-state index contributed by atoms with van der Waals surface area (Å²) in [6.45, 7) is 6.47. The Bertz CT molecular complexity index is 1450. The first-order valence-corrected chi connectivity index (χ1v) is 32.6. The zero-order valence-electron chi connectivity index (χ0n) is 50.3. The molecule has 0 N–H and O–H groups in total. The molecule has 0 spiro atoms. The molecule has 0 fully saturated rings. The number of unbranched alkanes of at least 4 members (excludes halogenated alkanes) is 34. The van der Waals surface area contributed by atoms with E-state index >= 15 is 0 Å². The van der Waals surface area contributed by atoms with Crippen LogP contribution in [0.1, 0.15) is 323 Å². The van der Waals surface area contributed by atoms with Crippen molar-refractivity contribution in [3.05, 3.63) is 85.1 Å². The molecule has 0 heterocycles. The van der Waals surface area contributed by atoms with Crippen LogP contribution in [-0.4, -0.2) is 37.2 Å². The Labute approximate surface area is 471 Å². The van der Waals surface area contributed by atoms with Crippen LogP contribution in [0.25, 0.3) is 0 Å². The molecule has 0 aliphatic heterocycles. The van der Waals surface area contributed by atoms with Gasteiger partial charge in [0.25, 0.3) is 0 Å². The van der Waals surface area contributed by atoms with E-state index in [4.69, 9.17) is 14.2 Å². The Morgan fingerprint density at radius 3 is 0.803 bits per heavy atom. The summed E-state index contributed by atoms with van der Waals surface area (Å²) in [6, 6.07) is 0. The van der Waals surface area contributed by atoms with Gasteiger partial charge in [-0.25, -0.2) is 0 Å². The molecule has 0 aliphatic carbocycles. The maximum Gasteiger partial charge on any atom is 0.306 e. The molecule has 6 heteroatoms. The van der Waals surface area contributed by atoms with E-state index in [-0.39, 0.29) is 31.1 Å². The van der Waals surface area contributed by atoms with E-state index < -0.39 is 6.10 Å². The van der Waals surface area contributed by atoms with E-state index in [1.165, 1.54) is 173 Å². The van der Waals surface area contributed by atoms with Crippen LogP contribution >= 0.6 is 0 Å². The van der Waals surface area contributed by atoms with Gasteiger partial charge in [-0.3, -0.25) is 14.4 Å². The number of carbonyl (C=O) groups is 3. The molecule has 0 aromatic heterocycles. The Kier molecular flexibility index (Phi) is 61.2. The highest BCUT2D eigenvalue weighted by atomic mass is 16.6. The second kappa shape index (κ2) is 64.1. The first-order valence-electron chi connectivity index (χ1n) is 32.6. The molecule has 0 aromatic carbocycles. The maximum atomic E-state index is 12.8. The number of hydrogen-bond acceptors (Lipinski definition) is 6. The number of rotatable bonds is 59. The second-order valence-electron chi connectivity index (χ2n) is 21.6. The third kappa shape index (κ3) is 61.4. The topological polar surface area (TPSA) is 78.9 Å². The van der Waals surface area contributed by atoms with Crippen LogP contribution in [0, 0.1) is 0 Å². The predicted molar refractivity (Wildman–Crippen MR) is 330 cm³/mol. The third-order valence-electron chi connectivity index (χ3n) is 14.1. The highest BCUT2D eigenvalue weighted by molar-refractivity contribution is 5.71. The fraction of sp³-hybridized carbons (Fsp3) is 0.757. The van der Waals surface area contributed by atoms with Crippen LogP contribution in [0.5, 0.6) is 0 Å². The van der Waals surface area contributed by atoms with Crippen molar-refractivity contribution in [2.24, 2.45) is 0 Å². The van der Waals surface area contributed by atoms with Crippen molar-refractivity contribution < 1.29 is 28.6 Å². The van der Waals surface area contributed by atoms with Crippen LogP contribution in [0.15, 0.2) is 85.1 Å². The van der Waals surface area contributed by atoms with Crippen LogP contribution in [0.3, 0.4) is 0 Å². The zero-order valence-corrected chi connectivity index (χ0v) is 50.3. The van der Waals surface area contributed by atoms with Gasteiger partial charge in [-0.2, -0.15) is 0 Å². The van der Waals surface area contributed by atoms with E-state index in [0.29, 0.717) is 19.3 Å². The molecular formula is C70H122O6. The third-order valence-corrected chi connectivity index (χ3v) is 14.1. The minimum absolute atomic E-state index is 0.0797. The number of ether oxygens (including phenoxy) is 3. The normalized spacial score (nSPS) is 12.6. The lowest BCUT2D eigenvalue weighted by atomic mass is 10.0. The van der Waals surface area contributed by atoms with Crippen molar-refractivity contribution in [1.82, 2.24) is 0 Å². The standard InChI is InChI=1S/C70H122O6/c1-4-7-10-13-16-18-20-22-24-26-28-29-30-31-32-33-34-35-36-37-38-39-40-41-43-44-46-48-50-52-54-57-60-63-69(72)75-66-67(65-74-68(71)62-59-56-15-12-9-6-3)76-70(73)64-61-58-55-53-51-49-47-45-42-27-25-23-21-19-17-14-11-8-5-2/h8,11,17,19-20,22-23,25-26,28,30-31,42,45,67H,4-7,9-10,12-16,18,21,24,27,29,32-41,43-44,46-66H2,1-3H3/b11-8-,19-17-,22-20-,25-23-,28-26-,31-30-,45-42-. The monoisotopic (exact) mass is 1060 g/mol. The van der Waals surface area contributed by atoms with Crippen LogP contribution in [0.4, 0.5) is 0 Å². The van der Waals surface area contributed by atoms with E-state index in [0.717, 1.165) is 109 Å². The fourth-order valence-electron chi connectivity index (χ4n) is 9.27. The molecule has 0 rings (SSSR count). The summed E-state index contributed by atoms with van der Waals surface area (Å²) in [5.74, 6) is -0.893. The molecule has 0 amide bonds. The van der Waals surface area contributed by atoms with Gasteiger partial charge in [0.05, 0.1) is 0 Å². The fourth-order valence-corrected chi connectivity index (χ4v) is 9.27. The number of carbonyl (C=O) groups excluding carboxylic acids is 3. The molecule has 0 saturated carbocycles. The van der Waals surface area contributed by atoms with E-state index in [1.807, 2.05) is 0 Å². The summed E-state index contributed by atoms with van der Waals surface area (Å²) in [7, 11) is 0. The SMILES string of the molecule is CC/C=C\C/C=C\C/C=C\C/C=C\CCCCCCCCC(=O)OC(COC(=O)CCCCCCCC)COC(=O)CCCCCCCCCCCCCCCCCCCC/C=C\C/C=C\C/C=C\CCCCCCC. The van der Waals surface area contributed by atoms with Gasteiger partial charge >= 0.3 is 17.9 Å². The zero-order chi connectivity index (χ0) is 55.0. The highest BCUT2D eigenvalue weighted by Gasteiger charge is 2.19. The van der Waals surface area contributed by atoms with Gasteiger partial charge in [0, 0.05) is 19.3 Å². The number of hydrogen-bond donors (Lipinski definition) is 0. The summed E-state index contributed by atoms with van der Waals surface area (Å²) in [6.07, 6.45) is 85.0. The highest BCUT2D eigenvalue weighted by Crippen LogP contribution is 2.17. The van der Waals surface area contributed by atoms with E-state index in [9.17, 15) is 14.4 Å². The molecule has 1 atom stereocenters.